The number of anilines is 1. The number of nitrogens with zero attached hydrogens (tertiary/aromatic N) is 3. The van der Waals surface area contributed by atoms with E-state index in [1.807, 2.05) is 37.3 Å². The van der Waals surface area contributed by atoms with Gasteiger partial charge in [0, 0.05) is 13.1 Å². The number of likely N-dealkylation sites (tertiary alicyclic amines) is 1. The monoisotopic (exact) mass is 355 g/mol. The van der Waals surface area contributed by atoms with Crippen LogP contribution in [0.15, 0.2) is 42.7 Å². The number of amides is 1. The average molecular weight is 355 g/mol. The summed E-state index contributed by atoms with van der Waals surface area (Å²) in [4.78, 5) is 12.6. The zero-order valence-corrected chi connectivity index (χ0v) is 15.0. The molecule has 2 aromatic rings. The van der Waals surface area contributed by atoms with Crippen LogP contribution in [-0.4, -0.2) is 40.8 Å². The van der Waals surface area contributed by atoms with E-state index in [-0.39, 0.29) is 0 Å². The molecular weight excluding hydrogens is 330 g/mol. The fourth-order valence-electron chi connectivity index (χ4n) is 3.09. The van der Waals surface area contributed by atoms with Gasteiger partial charge >= 0.3 is 0 Å². The van der Waals surface area contributed by atoms with Crippen LogP contribution in [0.25, 0.3) is 5.69 Å². The van der Waals surface area contributed by atoms with Gasteiger partial charge in [0.2, 0.25) is 12.3 Å². The Morgan fingerprint density at radius 1 is 1.38 bits per heavy atom. The summed E-state index contributed by atoms with van der Waals surface area (Å²) in [5.41, 5.74) is 7.54. The predicted molar refractivity (Wildman–Crippen MR) is 101 cm³/mol. The Labute approximate surface area is 153 Å². The first-order chi connectivity index (χ1) is 12.6. The molecule has 0 spiro atoms. The number of carbonyl (C=O) groups excluding carboxylic acids is 1. The number of carbonyl (C=O) groups is 1. The normalized spacial score (nSPS) is 14.9. The number of hydrogen-bond acceptors (Lipinski definition) is 5. The molecule has 1 amide bonds. The van der Waals surface area contributed by atoms with Crippen LogP contribution in [0.2, 0.25) is 0 Å². The molecule has 1 fully saturated rings. The lowest BCUT2D eigenvalue weighted by atomic mass is 9.98. The van der Waals surface area contributed by atoms with Crippen molar-refractivity contribution in [2.45, 2.75) is 19.8 Å². The summed E-state index contributed by atoms with van der Waals surface area (Å²) in [7, 11) is 0. The second-order valence-electron chi connectivity index (χ2n) is 6.57. The number of nitrogens with one attached hydrogen (secondary N) is 1. The Morgan fingerprint density at radius 2 is 2.08 bits per heavy atom. The fourth-order valence-corrected chi connectivity index (χ4v) is 3.09. The summed E-state index contributed by atoms with van der Waals surface area (Å²) in [5.74, 6) is 2.09. The molecule has 0 aliphatic carbocycles. The third-order valence-electron chi connectivity index (χ3n) is 4.61. The van der Waals surface area contributed by atoms with Crippen LogP contribution in [0.4, 0.5) is 5.82 Å². The second kappa shape index (κ2) is 7.95. The molecule has 1 aliphatic rings. The number of piperidine rings is 1. The highest BCUT2D eigenvalue weighted by atomic mass is 16.5. The third kappa shape index (κ3) is 3.99. The van der Waals surface area contributed by atoms with E-state index in [0.717, 1.165) is 49.4 Å². The minimum Gasteiger partial charge on any atom is -0.476 e. The van der Waals surface area contributed by atoms with E-state index in [9.17, 15) is 4.79 Å². The van der Waals surface area contributed by atoms with Gasteiger partial charge in [-0.05, 0) is 37.8 Å². The third-order valence-corrected chi connectivity index (χ3v) is 4.61. The number of aromatic nitrogens is 2. The summed E-state index contributed by atoms with van der Waals surface area (Å²) >= 11 is 0. The van der Waals surface area contributed by atoms with Gasteiger partial charge in [0.25, 0.3) is 0 Å². The van der Waals surface area contributed by atoms with Gasteiger partial charge in [0.1, 0.15) is 5.82 Å². The highest BCUT2D eigenvalue weighted by Gasteiger charge is 2.21. The van der Waals surface area contributed by atoms with Gasteiger partial charge in [-0.25, -0.2) is 4.68 Å². The molecule has 0 bridgehead atoms. The van der Waals surface area contributed by atoms with Crippen LogP contribution in [-0.2, 0) is 4.79 Å². The Kier molecular flexibility index (Phi) is 5.46. The van der Waals surface area contributed by atoms with Crippen LogP contribution in [0, 0.1) is 12.8 Å². The van der Waals surface area contributed by atoms with Gasteiger partial charge in [0.05, 0.1) is 23.7 Å². The van der Waals surface area contributed by atoms with Crippen molar-refractivity contribution in [1.82, 2.24) is 14.7 Å². The van der Waals surface area contributed by atoms with Gasteiger partial charge in [-0.2, -0.15) is 0 Å². The van der Waals surface area contributed by atoms with Crippen LogP contribution >= 0.6 is 0 Å². The van der Waals surface area contributed by atoms with Crippen molar-refractivity contribution in [1.29, 1.82) is 0 Å². The second-order valence-corrected chi connectivity index (χ2v) is 6.57. The van der Waals surface area contributed by atoms with E-state index in [4.69, 9.17) is 10.5 Å². The molecule has 7 nitrogen and oxygen atoms in total. The van der Waals surface area contributed by atoms with Gasteiger partial charge in [-0.3, -0.25) is 4.79 Å². The maximum atomic E-state index is 10.8. The zero-order chi connectivity index (χ0) is 18.5. The SMILES string of the molecule is C=C(N)Nc1c(C)c(OCC2CCN(C=O)CC2)nn1-c1ccccc1. The zero-order valence-electron chi connectivity index (χ0n) is 15.0. The molecule has 1 saturated heterocycles. The largest absolute Gasteiger partial charge is 0.476 e. The fraction of sp³-hybridized carbons (Fsp3) is 0.368. The topological polar surface area (TPSA) is 85.4 Å². The first-order valence-corrected chi connectivity index (χ1v) is 8.77. The number of nitrogens with two attached hydrogens (primary N) is 1. The van der Waals surface area contributed by atoms with Crippen LogP contribution in [0.3, 0.4) is 0 Å². The van der Waals surface area contributed by atoms with Crippen molar-refractivity contribution in [2.75, 3.05) is 25.0 Å². The summed E-state index contributed by atoms with van der Waals surface area (Å²) in [6.45, 7) is 7.83. The van der Waals surface area contributed by atoms with E-state index in [1.54, 1.807) is 9.58 Å². The van der Waals surface area contributed by atoms with Gasteiger partial charge in [-0.1, -0.05) is 24.8 Å². The van der Waals surface area contributed by atoms with Crippen molar-refractivity contribution < 1.29 is 9.53 Å². The molecule has 0 unspecified atom stereocenters. The summed E-state index contributed by atoms with van der Waals surface area (Å²) < 4.78 is 7.80. The Hall–Kier alpha value is -2.96. The van der Waals surface area contributed by atoms with Gasteiger partial charge in [0.15, 0.2) is 0 Å². The molecule has 2 heterocycles. The summed E-state index contributed by atoms with van der Waals surface area (Å²) in [6.07, 6.45) is 2.81. The van der Waals surface area contributed by atoms with Gasteiger partial charge < -0.3 is 20.7 Å². The molecule has 1 aromatic heterocycles. The molecule has 0 saturated carbocycles. The van der Waals surface area contributed by atoms with Crippen molar-refractivity contribution in [3.8, 4) is 11.6 Å². The van der Waals surface area contributed by atoms with Crippen molar-refractivity contribution in [2.24, 2.45) is 11.7 Å². The standard InChI is InChI=1S/C19H25N5O2/c1-14-18(21-15(2)20)24(17-6-4-3-5-7-17)22-19(14)26-12-16-8-10-23(13-25)11-9-16/h3-7,13,16,21H,2,8-12,20H2,1H3. The van der Waals surface area contributed by atoms with E-state index in [0.29, 0.717) is 24.2 Å². The molecule has 138 valence electrons. The number of rotatable bonds is 7. The van der Waals surface area contributed by atoms with Crippen LogP contribution in [0.1, 0.15) is 18.4 Å². The van der Waals surface area contributed by atoms with Crippen molar-refractivity contribution in [3.63, 3.8) is 0 Å². The van der Waals surface area contributed by atoms with E-state index in [2.05, 4.69) is 17.0 Å². The first kappa shape index (κ1) is 17.8. The number of ether oxygens (including phenoxy) is 1. The quantitative estimate of drug-likeness (QED) is 0.744. The smallest absolute Gasteiger partial charge is 0.238 e. The number of benzene rings is 1. The Bertz CT molecular complexity index is 764. The van der Waals surface area contributed by atoms with E-state index in [1.165, 1.54) is 0 Å². The summed E-state index contributed by atoms with van der Waals surface area (Å²) in [6, 6.07) is 9.80. The maximum Gasteiger partial charge on any atom is 0.238 e. The molecule has 1 aliphatic heterocycles. The maximum absolute atomic E-state index is 10.8. The summed E-state index contributed by atoms with van der Waals surface area (Å²) in [5, 5.41) is 7.69. The number of hydrogen-bond donors (Lipinski definition) is 2. The first-order valence-electron chi connectivity index (χ1n) is 8.77. The highest BCUT2D eigenvalue weighted by molar-refractivity contribution is 5.57. The lowest BCUT2D eigenvalue weighted by Gasteiger charge is -2.28. The van der Waals surface area contributed by atoms with Crippen LogP contribution in [0.5, 0.6) is 5.88 Å². The average Bonchev–Trinajstić information content (AvgIpc) is 2.96. The molecule has 26 heavy (non-hydrogen) atoms. The molecular formula is C19H25N5O2. The number of para-hydroxylation sites is 1. The van der Waals surface area contributed by atoms with E-state index < -0.39 is 0 Å². The predicted octanol–water partition coefficient (Wildman–Crippen LogP) is 2.27. The molecule has 0 radical (unpaired) electrons. The molecule has 1 aromatic carbocycles. The van der Waals surface area contributed by atoms with Crippen molar-refractivity contribution >= 4 is 12.2 Å². The minimum atomic E-state index is 0.345. The lowest BCUT2D eigenvalue weighted by molar-refractivity contribution is -0.119. The lowest BCUT2D eigenvalue weighted by Crippen LogP contribution is -2.34. The Balaban J connectivity index is 1.76. The van der Waals surface area contributed by atoms with E-state index >= 15 is 0 Å². The Morgan fingerprint density at radius 3 is 2.69 bits per heavy atom. The molecule has 0 atom stereocenters. The molecule has 7 heteroatoms. The molecule has 3 N–H and O–H groups in total. The highest BCUT2D eigenvalue weighted by Crippen LogP contribution is 2.29. The molecule has 3 rings (SSSR count). The van der Waals surface area contributed by atoms with Crippen LogP contribution < -0.4 is 15.8 Å². The van der Waals surface area contributed by atoms with Crippen molar-refractivity contribution in [3.05, 3.63) is 48.3 Å². The van der Waals surface area contributed by atoms with Gasteiger partial charge in [-0.15, -0.1) is 5.10 Å². The minimum absolute atomic E-state index is 0.345.